The first-order valence-electron chi connectivity index (χ1n) is 10.6. The molecule has 0 unspecified atom stereocenters. The molecule has 3 rings (SSSR count). The Labute approximate surface area is 189 Å². The average molecular weight is 460 g/mol. The first-order valence-corrected chi connectivity index (χ1v) is 12.0. The van der Waals surface area contributed by atoms with Crippen LogP contribution in [0.15, 0.2) is 53.4 Å². The van der Waals surface area contributed by atoms with Gasteiger partial charge in [-0.2, -0.15) is 4.31 Å². The Bertz CT molecular complexity index is 1050. The Morgan fingerprint density at radius 2 is 1.78 bits per heavy atom. The maximum absolute atomic E-state index is 12.8. The van der Waals surface area contributed by atoms with Crippen LogP contribution >= 0.6 is 0 Å². The summed E-state index contributed by atoms with van der Waals surface area (Å²) in [6.07, 6.45) is 2.29. The van der Waals surface area contributed by atoms with Crippen LogP contribution in [0.3, 0.4) is 0 Å². The Hall–Kier alpha value is -2.91. The van der Waals surface area contributed by atoms with Crippen molar-refractivity contribution in [3.05, 3.63) is 59.7 Å². The molecule has 0 bridgehead atoms. The summed E-state index contributed by atoms with van der Waals surface area (Å²) in [6, 6.07) is 13.1. The number of esters is 1. The van der Waals surface area contributed by atoms with Crippen molar-refractivity contribution < 1.29 is 22.7 Å². The van der Waals surface area contributed by atoms with Gasteiger partial charge < -0.3 is 15.4 Å². The fraction of sp³-hybridized carbons (Fsp3) is 0.391. The van der Waals surface area contributed by atoms with E-state index >= 15 is 0 Å². The first-order chi connectivity index (χ1) is 15.3. The highest BCUT2D eigenvalue weighted by atomic mass is 32.2. The van der Waals surface area contributed by atoms with Crippen molar-refractivity contribution in [3.63, 3.8) is 0 Å². The molecule has 0 atom stereocenters. The predicted molar refractivity (Wildman–Crippen MR) is 122 cm³/mol. The summed E-state index contributed by atoms with van der Waals surface area (Å²) in [7, 11) is -2.16. The van der Waals surface area contributed by atoms with Crippen LogP contribution in [0, 0.1) is 12.8 Å². The van der Waals surface area contributed by atoms with E-state index in [2.05, 4.69) is 15.4 Å². The third kappa shape index (κ3) is 6.08. The maximum atomic E-state index is 12.8. The highest BCUT2D eigenvalue weighted by molar-refractivity contribution is 7.89. The largest absolute Gasteiger partial charge is 0.465 e. The molecule has 0 radical (unpaired) electrons. The number of aryl methyl sites for hydroxylation is 1. The molecule has 1 saturated heterocycles. The third-order valence-corrected chi connectivity index (χ3v) is 7.52. The summed E-state index contributed by atoms with van der Waals surface area (Å²) in [4.78, 5) is 24.1. The molecule has 0 spiro atoms. The molecule has 2 amide bonds. The number of hydrogen-bond acceptors (Lipinski definition) is 5. The van der Waals surface area contributed by atoms with E-state index in [0.717, 1.165) is 24.8 Å². The van der Waals surface area contributed by atoms with Crippen LogP contribution in [0.1, 0.15) is 35.2 Å². The number of amides is 2. The average Bonchev–Trinajstić information content (AvgIpc) is 2.79. The van der Waals surface area contributed by atoms with Gasteiger partial charge in [0.1, 0.15) is 0 Å². The molecule has 2 N–H and O–H groups in total. The Kier molecular flexibility index (Phi) is 7.87. The summed E-state index contributed by atoms with van der Waals surface area (Å²) in [5.41, 5.74) is 1.88. The van der Waals surface area contributed by atoms with E-state index < -0.39 is 16.0 Å². The number of ether oxygens (including phenoxy) is 1. The number of methoxy groups -OCH3 is 1. The third-order valence-electron chi connectivity index (χ3n) is 5.61. The van der Waals surface area contributed by atoms with Gasteiger partial charge in [0, 0.05) is 25.3 Å². The lowest BCUT2D eigenvalue weighted by atomic mass is 9.95. The lowest BCUT2D eigenvalue weighted by molar-refractivity contribution is 0.0600. The van der Waals surface area contributed by atoms with E-state index in [0.29, 0.717) is 41.7 Å². The van der Waals surface area contributed by atoms with Gasteiger partial charge in [0.05, 0.1) is 17.6 Å². The number of hydrogen-bond donors (Lipinski definition) is 2. The van der Waals surface area contributed by atoms with Crippen molar-refractivity contribution >= 4 is 27.7 Å². The monoisotopic (exact) mass is 459 g/mol. The predicted octanol–water partition coefficient (Wildman–Crippen LogP) is 3.39. The molecule has 2 aromatic rings. The molecule has 32 heavy (non-hydrogen) atoms. The zero-order chi connectivity index (χ0) is 23.1. The van der Waals surface area contributed by atoms with Gasteiger partial charge in [0.15, 0.2) is 0 Å². The van der Waals surface area contributed by atoms with E-state index in [1.807, 2.05) is 19.1 Å². The maximum Gasteiger partial charge on any atom is 0.337 e. The molecule has 1 fully saturated rings. The lowest BCUT2D eigenvalue weighted by Crippen LogP contribution is -2.39. The summed E-state index contributed by atoms with van der Waals surface area (Å²) >= 11 is 0. The zero-order valence-electron chi connectivity index (χ0n) is 18.3. The standard InChI is InChI=1S/C23H29N3O5S/c1-17-6-8-21(9-7-17)32(29,30)26-14-11-18(12-15-26)10-13-24-23(28)25-20-5-3-4-19(16-20)22(27)31-2/h3-9,16,18H,10-15H2,1-2H3,(H2,24,25,28). The minimum Gasteiger partial charge on any atom is -0.465 e. The number of sulfonamides is 1. The molecule has 172 valence electrons. The van der Waals surface area contributed by atoms with Crippen molar-refractivity contribution in [2.24, 2.45) is 5.92 Å². The number of piperidine rings is 1. The molecule has 0 saturated carbocycles. The molecule has 2 aromatic carbocycles. The Morgan fingerprint density at radius 3 is 2.44 bits per heavy atom. The Balaban J connectivity index is 1.42. The fourth-order valence-corrected chi connectivity index (χ4v) is 5.17. The molecule has 8 nitrogen and oxygen atoms in total. The quantitative estimate of drug-likeness (QED) is 0.618. The molecule has 1 heterocycles. The van der Waals surface area contributed by atoms with Gasteiger partial charge in [-0.05, 0) is 62.4 Å². The number of rotatable bonds is 7. The molecule has 0 aromatic heterocycles. The number of nitrogens with one attached hydrogen (secondary N) is 2. The first kappa shape index (κ1) is 23.7. The number of carbonyl (C=O) groups excluding carboxylic acids is 2. The van der Waals surface area contributed by atoms with E-state index in [-0.39, 0.29) is 6.03 Å². The normalized spacial score (nSPS) is 15.2. The SMILES string of the molecule is COC(=O)c1cccc(NC(=O)NCCC2CCN(S(=O)(=O)c3ccc(C)cc3)CC2)c1. The van der Waals surface area contributed by atoms with E-state index in [1.165, 1.54) is 7.11 Å². The second-order valence-corrected chi connectivity index (χ2v) is 9.84. The summed E-state index contributed by atoms with van der Waals surface area (Å²) in [5.74, 6) is -0.118. The number of anilines is 1. The van der Waals surface area contributed by atoms with Crippen molar-refractivity contribution in [2.75, 3.05) is 32.1 Å². The number of carbonyl (C=O) groups is 2. The van der Waals surface area contributed by atoms with Gasteiger partial charge in [-0.25, -0.2) is 18.0 Å². The molecule has 0 aliphatic carbocycles. The van der Waals surface area contributed by atoms with Crippen LogP contribution in [0.5, 0.6) is 0 Å². The van der Waals surface area contributed by atoms with Crippen LogP contribution in [0.2, 0.25) is 0 Å². The van der Waals surface area contributed by atoms with Gasteiger partial charge in [-0.15, -0.1) is 0 Å². The van der Waals surface area contributed by atoms with E-state index in [1.54, 1.807) is 40.7 Å². The lowest BCUT2D eigenvalue weighted by Gasteiger charge is -2.31. The summed E-state index contributed by atoms with van der Waals surface area (Å²) in [6.45, 7) is 3.37. The van der Waals surface area contributed by atoms with Crippen molar-refractivity contribution in [1.82, 2.24) is 9.62 Å². The molecule has 1 aliphatic rings. The van der Waals surface area contributed by atoms with Crippen molar-refractivity contribution in [3.8, 4) is 0 Å². The van der Waals surface area contributed by atoms with Gasteiger partial charge in [-0.3, -0.25) is 0 Å². The fourth-order valence-electron chi connectivity index (χ4n) is 3.70. The Morgan fingerprint density at radius 1 is 1.09 bits per heavy atom. The molecular formula is C23H29N3O5S. The van der Waals surface area contributed by atoms with Crippen LogP contribution < -0.4 is 10.6 Å². The van der Waals surface area contributed by atoms with Gasteiger partial charge in [0.25, 0.3) is 0 Å². The molecule has 9 heteroatoms. The highest BCUT2D eigenvalue weighted by Crippen LogP contribution is 2.25. The highest BCUT2D eigenvalue weighted by Gasteiger charge is 2.29. The topological polar surface area (TPSA) is 105 Å². The number of nitrogens with zero attached hydrogens (tertiary/aromatic N) is 1. The van der Waals surface area contributed by atoms with Crippen LogP contribution in [0.4, 0.5) is 10.5 Å². The van der Waals surface area contributed by atoms with E-state index in [4.69, 9.17) is 0 Å². The molecule has 1 aliphatic heterocycles. The number of benzene rings is 2. The minimum absolute atomic E-state index is 0.330. The number of urea groups is 1. The smallest absolute Gasteiger partial charge is 0.337 e. The second kappa shape index (κ2) is 10.6. The molecular weight excluding hydrogens is 430 g/mol. The van der Waals surface area contributed by atoms with Crippen LogP contribution in [-0.2, 0) is 14.8 Å². The summed E-state index contributed by atoms with van der Waals surface area (Å²) in [5, 5.41) is 5.52. The van der Waals surface area contributed by atoms with Gasteiger partial charge in [0.2, 0.25) is 10.0 Å². The van der Waals surface area contributed by atoms with Gasteiger partial charge >= 0.3 is 12.0 Å². The zero-order valence-corrected chi connectivity index (χ0v) is 19.2. The summed E-state index contributed by atoms with van der Waals surface area (Å²) < 4.78 is 31.8. The van der Waals surface area contributed by atoms with Crippen molar-refractivity contribution in [2.45, 2.75) is 31.1 Å². The van der Waals surface area contributed by atoms with E-state index in [9.17, 15) is 18.0 Å². The van der Waals surface area contributed by atoms with Crippen LogP contribution in [0.25, 0.3) is 0 Å². The minimum atomic E-state index is -3.46. The second-order valence-electron chi connectivity index (χ2n) is 7.90. The van der Waals surface area contributed by atoms with Gasteiger partial charge in [-0.1, -0.05) is 23.8 Å². The van der Waals surface area contributed by atoms with Crippen molar-refractivity contribution in [1.29, 1.82) is 0 Å². The van der Waals surface area contributed by atoms with Crippen LogP contribution in [-0.4, -0.2) is 51.5 Å².